The van der Waals surface area contributed by atoms with E-state index in [0.717, 1.165) is 11.3 Å². The second-order valence-corrected chi connectivity index (χ2v) is 7.80. The molecule has 0 radical (unpaired) electrons. The molecule has 0 aliphatic carbocycles. The van der Waals surface area contributed by atoms with E-state index in [2.05, 4.69) is 49.2 Å². The van der Waals surface area contributed by atoms with Crippen LogP contribution in [0.5, 0.6) is 5.75 Å². The summed E-state index contributed by atoms with van der Waals surface area (Å²) >= 11 is 1.60. The van der Waals surface area contributed by atoms with E-state index in [1.165, 1.54) is 17.2 Å². The molecule has 0 spiro atoms. The van der Waals surface area contributed by atoms with Gasteiger partial charge in [-0.2, -0.15) is 9.78 Å². The third-order valence-corrected chi connectivity index (χ3v) is 5.46. The van der Waals surface area contributed by atoms with Gasteiger partial charge < -0.3 is 4.74 Å². The highest BCUT2D eigenvalue weighted by Gasteiger charge is 2.26. The van der Waals surface area contributed by atoms with Crippen molar-refractivity contribution in [3.8, 4) is 5.75 Å². The van der Waals surface area contributed by atoms with Crippen LogP contribution in [0, 0.1) is 19.7 Å². The van der Waals surface area contributed by atoms with Gasteiger partial charge >= 0.3 is 0 Å². The van der Waals surface area contributed by atoms with Gasteiger partial charge in [-0.25, -0.2) is 4.39 Å². The van der Waals surface area contributed by atoms with Crippen molar-refractivity contribution < 1.29 is 9.13 Å². The predicted molar refractivity (Wildman–Crippen MR) is 104 cm³/mol. The lowest BCUT2D eigenvalue weighted by atomic mass is 10.00. The highest BCUT2D eigenvalue weighted by atomic mass is 32.2. The molecule has 0 N–H and O–H groups in total. The van der Waals surface area contributed by atoms with Gasteiger partial charge in [-0.3, -0.25) is 0 Å². The van der Waals surface area contributed by atoms with E-state index < -0.39 is 5.82 Å². The first-order valence-corrected chi connectivity index (χ1v) is 9.55. The number of nitrogens with zero attached hydrogens (tertiary/aromatic N) is 4. The number of ether oxygens (including phenoxy) is 1. The summed E-state index contributed by atoms with van der Waals surface area (Å²) in [6.07, 6.45) is 0. The minimum Gasteiger partial charge on any atom is -0.482 e. The summed E-state index contributed by atoms with van der Waals surface area (Å²) in [4.78, 5) is 0. The predicted octanol–water partition coefficient (Wildman–Crippen LogP) is 4.36. The molecule has 7 heteroatoms. The van der Waals surface area contributed by atoms with Crippen molar-refractivity contribution in [2.45, 2.75) is 37.8 Å². The van der Waals surface area contributed by atoms with Crippen LogP contribution in [0.25, 0.3) is 0 Å². The number of hydrogen-bond acceptors (Lipinski definition) is 5. The lowest BCUT2D eigenvalue weighted by molar-refractivity contribution is 0.275. The summed E-state index contributed by atoms with van der Waals surface area (Å²) in [5.41, 5.74) is 4.46. The Morgan fingerprint density at radius 3 is 2.78 bits per heavy atom. The summed E-state index contributed by atoms with van der Waals surface area (Å²) in [6.45, 7) is 6.35. The Hall–Kier alpha value is -2.67. The zero-order valence-electron chi connectivity index (χ0n) is 15.3. The lowest BCUT2D eigenvalue weighted by Gasteiger charge is -2.21. The van der Waals surface area contributed by atoms with Crippen LogP contribution in [0.4, 0.5) is 4.39 Å². The van der Waals surface area contributed by atoms with E-state index in [9.17, 15) is 4.39 Å². The molecular weight excluding hydrogens is 363 g/mol. The topological polar surface area (TPSA) is 52.3 Å². The van der Waals surface area contributed by atoms with Gasteiger partial charge in [0.1, 0.15) is 6.61 Å². The molecule has 0 amide bonds. The molecule has 1 aliphatic rings. The van der Waals surface area contributed by atoms with Crippen LogP contribution in [0.15, 0.2) is 52.7 Å². The van der Waals surface area contributed by atoms with Gasteiger partial charge in [0.25, 0.3) is 0 Å². The molecule has 27 heavy (non-hydrogen) atoms. The molecular formula is C20H19FN4OS. The molecule has 138 valence electrons. The van der Waals surface area contributed by atoms with E-state index in [-0.39, 0.29) is 17.6 Å². The number of aryl methyl sites for hydroxylation is 2. The van der Waals surface area contributed by atoms with Crippen molar-refractivity contribution in [2.24, 2.45) is 5.10 Å². The average Bonchev–Trinajstić information content (AvgIpc) is 3.04. The van der Waals surface area contributed by atoms with Gasteiger partial charge in [0.15, 0.2) is 17.4 Å². The van der Waals surface area contributed by atoms with Crippen LogP contribution >= 0.6 is 11.8 Å². The van der Waals surface area contributed by atoms with Crippen LogP contribution in [-0.4, -0.2) is 25.8 Å². The molecule has 0 saturated carbocycles. The third kappa shape index (κ3) is 3.47. The molecule has 1 aromatic heterocycles. The number of halogens is 1. The zero-order chi connectivity index (χ0) is 19.0. The first-order chi connectivity index (χ1) is 13.0. The van der Waals surface area contributed by atoms with Crippen molar-refractivity contribution in [3.05, 3.63) is 70.8 Å². The second-order valence-electron chi connectivity index (χ2n) is 6.49. The maximum absolute atomic E-state index is 13.8. The average molecular weight is 382 g/mol. The van der Waals surface area contributed by atoms with Crippen molar-refractivity contribution >= 4 is 17.5 Å². The third-order valence-electron chi connectivity index (χ3n) is 4.41. The second kappa shape index (κ2) is 7.15. The Labute approximate surface area is 161 Å². The lowest BCUT2D eigenvalue weighted by Crippen LogP contribution is -2.23. The normalized spacial score (nSPS) is 16.0. The summed E-state index contributed by atoms with van der Waals surface area (Å²) in [6, 6.07) is 12.7. The molecule has 3 aromatic rings. The molecule has 0 saturated heterocycles. The first-order valence-electron chi connectivity index (χ1n) is 8.67. The number of fused-ring (bicyclic) bond motifs is 1. The molecule has 1 atom stereocenters. The van der Waals surface area contributed by atoms with Gasteiger partial charge in [0.2, 0.25) is 5.16 Å². The first kappa shape index (κ1) is 17.7. The van der Waals surface area contributed by atoms with Gasteiger partial charge in [0, 0.05) is 5.56 Å². The molecule has 0 bridgehead atoms. The van der Waals surface area contributed by atoms with E-state index in [1.807, 2.05) is 0 Å². The summed E-state index contributed by atoms with van der Waals surface area (Å²) in [5.74, 6) is 0.319. The molecule has 4 rings (SSSR count). The minimum absolute atomic E-state index is 0.0897. The maximum atomic E-state index is 13.8. The number of aromatic nitrogens is 3. The zero-order valence-corrected chi connectivity index (χ0v) is 16.1. The molecule has 0 fully saturated rings. The summed E-state index contributed by atoms with van der Waals surface area (Å²) < 4.78 is 21.1. The van der Waals surface area contributed by atoms with Crippen molar-refractivity contribution in [1.82, 2.24) is 14.9 Å². The largest absolute Gasteiger partial charge is 0.482 e. The van der Waals surface area contributed by atoms with Gasteiger partial charge in [-0.1, -0.05) is 41.6 Å². The maximum Gasteiger partial charge on any atom is 0.212 e. The quantitative estimate of drug-likeness (QED) is 0.673. The molecule has 1 aliphatic heterocycles. The van der Waals surface area contributed by atoms with Crippen molar-refractivity contribution in [3.63, 3.8) is 0 Å². The Morgan fingerprint density at radius 2 is 1.96 bits per heavy atom. The van der Waals surface area contributed by atoms with Crippen LogP contribution in [0.3, 0.4) is 0 Å². The van der Waals surface area contributed by atoms with E-state index >= 15 is 0 Å². The fourth-order valence-electron chi connectivity index (χ4n) is 2.95. The Bertz CT molecular complexity index is 1030. The number of hydrogen-bond donors (Lipinski definition) is 0. The SMILES string of the molecule is Cc1ccc(C)c(C2=Nn3c(COc4ccccc4F)nnc3S[C@H]2C)c1. The smallest absolute Gasteiger partial charge is 0.212 e. The van der Waals surface area contributed by atoms with Crippen LogP contribution in [0.2, 0.25) is 0 Å². The van der Waals surface area contributed by atoms with Crippen LogP contribution in [0.1, 0.15) is 29.4 Å². The van der Waals surface area contributed by atoms with Crippen LogP contribution < -0.4 is 4.74 Å². The van der Waals surface area contributed by atoms with Crippen molar-refractivity contribution in [2.75, 3.05) is 0 Å². The standard InChI is InChI=1S/C20H19FN4OS/c1-12-8-9-13(2)15(10-12)19-14(3)27-20-23-22-18(25(20)24-19)11-26-17-7-5-4-6-16(17)21/h4-10,14H,11H2,1-3H3/t14-/m0/s1. The Kier molecular flexibility index (Phi) is 4.70. The van der Waals surface area contributed by atoms with E-state index in [1.54, 1.807) is 34.6 Å². The van der Waals surface area contributed by atoms with Gasteiger partial charge in [-0.15, -0.1) is 10.2 Å². The highest BCUT2D eigenvalue weighted by Crippen LogP contribution is 2.31. The van der Waals surface area contributed by atoms with E-state index in [0.29, 0.717) is 11.0 Å². The fraction of sp³-hybridized carbons (Fsp3) is 0.250. The van der Waals surface area contributed by atoms with E-state index in [4.69, 9.17) is 9.84 Å². The van der Waals surface area contributed by atoms with Gasteiger partial charge in [0.05, 0.1) is 11.0 Å². The summed E-state index contributed by atoms with van der Waals surface area (Å²) in [7, 11) is 0. The minimum atomic E-state index is -0.404. The molecule has 0 unspecified atom stereocenters. The van der Waals surface area contributed by atoms with Crippen molar-refractivity contribution in [1.29, 1.82) is 0 Å². The fourth-order valence-corrected chi connectivity index (χ4v) is 3.89. The Balaban J connectivity index is 1.67. The number of benzene rings is 2. The molecule has 2 aromatic carbocycles. The monoisotopic (exact) mass is 382 g/mol. The Morgan fingerprint density at radius 1 is 1.15 bits per heavy atom. The number of thioether (sulfide) groups is 1. The number of rotatable bonds is 4. The number of para-hydroxylation sites is 1. The van der Waals surface area contributed by atoms with Gasteiger partial charge in [-0.05, 0) is 44.5 Å². The summed E-state index contributed by atoms with van der Waals surface area (Å²) in [5, 5.41) is 14.1. The van der Waals surface area contributed by atoms with Crippen LogP contribution in [-0.2, 0) is 6.61 Å². The molecule has 2 heterocycles. The molecule has 5 nitrogen and oxygen atoms in total. The highest BCUT2D eigenvalue weighted by molar-refractivity contribution is 8.00.